The van der Waals surface area contributed by atoms with Crippen LogP contribution in [0.1, 0.15) is 11.3 Å². The molecule has 0 unspecified atom stereocenters. The standard InChI is InChI=1S/C11H18N2O4S3/c12-5-4-10-2-3-11(18-10)20(16,17)13-6-1-8-19(14,15)9-7-13/h2-3H,1,4-9,12H2. The maximum absolute atomic E-state index is 12.5. The molecule has 0 atom stereocenters. The highest BCUT2D eigenvalue weighted by atomic mass is 32.2. The average molecular weight is 338 g/mol. The van der Waals surface area contributed by atoms with Crippen molar-refractivity contribution >= 4 is 31.2 Å². The van der Waals surface area contributed by atoms with Gasteiger partial charge < -0.3 is 5.73 Å². The smallest absolute Gasteiger partial charge is 0.252 e. The molecule has 2 rings (SSSR count). The third-order valence-electron chi connectivity index (χ3n) is 3.14. The first kappa shape index (κ1) is 15.9. The summed E-state index contributed by atoms with van der Waals surface area (Å²) in [5.41, 5.74) is 5.45. The Bertz CT molecular complexity index is 664. The van der Waals surface area contributed by atoms with Gasteiger partial charge >= 0.3 is 0 Å². The highest BCUT2D eigenvalue weighted by Crippen LogP contribution is 2.26. The van der Waals surface area contributed by atoms with Gasteiger partial charge in [0.05, 0.1) is 11.5 Å². The van der Waals surface area contributed by atoms with E-state index in [2.05, 4.69) is 0 Å². The van der Waals surface area contributed by atoms with Crippen LogP contribution in [0.2, 0.25) is 0 Å². The molecular formula is C11H18N2O4S3. The third kappa shape index (κ3) is 3.59. The number of thiophene rings is 1. The van der Waals surface area contributed by atoms with E-state index in [1.807, 2.05) is 0 Å². The number of nitrogens with zero attached hydrogens (tertiary/aromatic N) is 1. The fourth-order valence-electron chi connectivity index (χ4n) is 2.06. The number of hydrogen-bond acceptors (Lipinski definition) is 6. The molecule has 1 fully saturated rings. The lowest BCUT2D eigenvalue weighted by atomic mass is 10.3. The highest BCUT2D eigenvalue weighted by Gasteiger charge is 2.29. The largest absolute Gasteiger partial charge is 0.330 e. The Morgan fingerprint density at radius 1 is 1.25 bits per heavy atom. The second-order valence-corrected chi connectivity index (χ2v) is 10.3. The van der Waals surface area contributed by atoms with Gasteiger partial charge in [-0.15, -0.1) is 11.3 Å². The van der Waals surface area contributed by atoms with Crippen LogP contribution in [-0.4, -0.2) is 52.3 Å². The molecule has 0 spiro atoms. The SMILES string of the molecule is NCCc1ccc(S(=O)(=O)N2CCCS(=O)(=O)CC2)s1. The molecule has 114 valence electrons. The zero-order chi connectivity index (χ0) is 14.8. The molecule has 1 aliphatic rings. The average Bonchev–Trinajstić information content (AvgIpc) is 2.75. The molecule has 2 N–H and O–H groups in total. The molecule has 9 heteroatoms. The molecule has 0 aliphatic carbocycles. The summed E-state index contributed by atoms with van der Waals surface area (Å²) < 4.78 is 49.6. The summed E-state index contributed by atoms with van der Waals surface area (Å²) in [5.74, 6) is -0.0465. The van der Waals surface area contributed by atoms with Gasteiger partial charge in [0.1, 0.15) is 4.21 Å². The number of sulfone groups is 1. The summed E-state index contributed by atoms with van der Waals surface area (Å²) in [4.78, 5) is 0.925. The van der Waals surface area contributed by atoms with E-state index >= 15 is 0 Å². The van der Waals surface area contributed by atoms with Crippen molar-refractivity contribution in [2.24, 2.45) is 5.73 Å². The van der Waals surface area contributed by atoms with Crippen LogP contribution >= 0.6 is 11.3 Å². The lowest BCUT2D eigenvalue weighted by Crippen LogP contribution is -2.33. The Balaban J connectivity index is 2.20. The Morgan fingerprint density at radius 2 is 2.00 bits per heavy atom. The minimum atomic E-state index is -3.59. The fraction of sp³-hybridized carbons (Fsp3) is 0.636. The van der Waals surface area contributed by atoms with E-state index in [4.69, 9.17) is 5.73 Å². The molecular weight excluding hydrogens is 320 g/mol. The summed E-state index contributed by atoms with van der Waals surface area (Å²) in [6, 6.07) is 3.34. The van der Waals surface area contributed by atoms with Crippen molar-refractivity contribution < 1.29 is 16.8 Å². The van der Waals surface area contributed by atoms with Crippen LogP contribution in [0, 0.1) is 0 Å². The zero-order valence-corrected chi connectivity index (χ0v) is 13.4. The highest BCUT2D eigenvalue weighted by molar-refractivity contribution is 7.92. The third-order valence-corrected chi connectivity index (χ3v) is 8.36. The first-order valence-corrected chi connectivity index (χ1v) is 10.4. The minimum Gasteiger partial charge on any atom is -0.330 e. The molecule has 1 saturated heterocycles. The molecule has 2 heterocycles. The van der Waals surface area contributed by atoms with Crippen molar-refractivity contribution in [3.05, 3.63) is 17.0 Å². The zero-order valence-electron chi connectivity index (χ0n) is 11.0. The Kier molecular flexibility index (Phi) is 4.85. The van der Waals surface area contributed by atoms with Gasteiger partial charge in [0.15, 0.2) is 9.84 Å². The summed E-state index contributed by atoms with van der Waals surface area (Å²) in [6.45, 7) is 0.766. The molecule has 0 aromatic carbocycles. The van der Waals surface area contributed by atoms with E-state index in [0.29, 0.717) is 19.4 Å². The molecule has 20 heavy (non-hydrogen) atoms. The predicted molar refractivity (Wildman–Crippen MR) is 79.1 cm³/mol. The molecule has 0 saturated carbocycles. The minimum absolute atomic E-state index is 0.0365. The van der Waals surface area contributed by atoms with E-state index in [9.17, 15) is 16.8 Å². The van der Waals surface area contributed by atoms with Crippen molar-refractivity contribution in [2.75, 3.05) is 31.1 Å². The summed E-state index contributed by atoms with van der Waals surface area (Å²) in [6.07, 6.45) is 0.997. The van der Waals surface area contributed by atoms with Gasteiger partial charge in [-0.3, -0.25) is 0 Å². The van der Waals surface area contributed by atoms with Gasteiger partial charge in [-0.05, 0) is 31.5 Å². The van der Waals surface area contributed by atoms with Crippen LogP contribution in [0.5, 0.6) is 0 Å². The summed E-state index contributed by atoms with van der Waals surface area (Å²) in [7, 11) is -6.70. The molecule has 1 aliphatic heterocycles. The Morgan fingerprint density at radius 3 is 2.70 bits per heavy atom. The van der Waals surface area contributed by atoms with E-state index < -0.39 is 19.9 Å². The molecule has 1 aromatic heterocycles. The molecule has 0 radical (unpaired) electrons. The van der Waals surface area contributed by atoms with Gasteiger partial charge in [0, 0.05) is 18.0 Å². The van der Waals surface area contributed by atoms with Crippen LogP contribution in [0.4, 0.5) is 0 Å². The lowest BCUT2D eigenvalue weighted by Gasteiger charge is -2.18. The van der Waals surface area contributed by atoms with Crippen LogP contribution in [0.25, 0.3) is 0 Å². The van der Waals surface area contributed by atoms with Crippen molar-refractivity contribution in [1.29, 1.82) is 0 Å². The predicted octanol–water partition coefficient (Wildman–Crippen LogP) is 0.0585. The van der Waals surface area contributed by atoms with E-state index in [1.165, 1.54) is 15.6 Å². The van der Waals surface area contributed by atoms with E-state index in [1.54, 1.807) is 12.1 Å². The van der Waals surface area contributed by atoms with Crippen molar-refractivity contribution in [1.82, 2.24) is 4.31 Å². The van der Waals surface area contributed by atoms with E-state index in [0.717, 1.165) is 4.88 Å². The fourth-order valence-corrected chi connectivity index (χ4v) is 6.45. The lowest BCUT2D eigenvalue weighted by molar-refractivity contribution is 0.436. The van der Waals surface area contributed by atoms with Gasteiger partial charge in [-0.2, -0.15) is 4.31 Å². The van der Waals surface area contributed by atoms with Gasteiger partial charge in [0.2, 0.25) is 0 Å². The van der Waals surface area contributed by atoms with Gasteiger partial charge in [0.25, 0.3) is 10.0 Å². The number of rotatable bonds is 4. The molecule has 6 nitrogen and oxygen atoms in total. The first-order valence-electron chi connectivity index (χ1n) is 6.34. The summed E-state index contributed by atoms with van der Waals surface area (Å²) >= 11 is 1.21. The van der Waals surface area contributed by atoms with Gasteiger partial charge in [-0.1, -0.05) is 0 Å². The van der Waals surface area contributed by atoms with Crippen LogP contribution < -0.4 is 5.73 Å². The molecule has 1 aromatic rings. The maximum Gasteiger partial charge on any atom is 0.252 e. The summed E-state index contributed by atoms with van der Waals surface area (Å²) in [5, 5.41) is 0. The number of sulfonamides is 1. The first-order chi connectivity index (χ1) is 9.35. The Hall–Kier alpha value is -0.480. The second-order valence-electron chi connectivity index (χ2n) is 4.67. The molecule has 0 bridgehead atoms. The molecule has 0 amide bonds. The number of hydrogen-bond donors (Lipinski definition) is 1. The van der Waals surface area contributed by atoms with Crippen molar-refractivity contribution in [3.8, 4) is 0 Å². The van der Waals surface area contributed by atoms with Gasteiger partial charge in [-0.25, -0.2) is 16.8 Å². The normalized spacial score (nSPS) is 20.6. The van der Waals surface area contributed by atoms with Crippen LogP contribution in [-0.2, 0) is 26.3 Å². The topological polar surface area (TPSA) is 97.5 Å². The van der Waals surface area contributed by atoms with Crippen LogP contribution in [0.3, 0.4) is 0 Å². The van der Waals surface area contributed by atoms with Crippen molar-refractivity contribution in [3.63, 3.8) is 0 Å². The Labute approximate surface area is 123 Å². The van der Waals surface area contributed by atoms with Crippen LogP contribution in [0.15, 0.2) is 16.3 Å². The maximum atomic E-state index is 12.5. The number of nitrogens with two attached hydrogens (primary N) is 1. The monoisotopic (exact) mass is 338 g/mol. The quantitative estimate of drug-likeness (QED) is 0.837. The van der Waals surface area contributed by atoms with E-state index in [-0.39, 0.29) is 28.8 Å². The van der Waals surface area contributed by atoms with Crippen molar-refractivity contribution in [2.45, 2.75) is 17.1 Å². The second kappa shape index (κ2) is 6.10.